The molecule has 15 heteroatoms. The highest BCUT2D eigenvalue weighted by Crippen LogP contribution is 2.19. The molecule has 0 bridgehead atoms. The van der Waals surface area contributed by atoms with Crippen molar-refractivity contribution in [1.82, 2.24) is 20.9 Å². The van der Waals surface area contributed by atoms with Crippen LogP contribution in [0.3, 0.4) is 0 Å². The summed E-state index contributed by atoms with van der Waals surface area (Å²) in [5.74, 6) is -4.90. The van der Waals surface area contributed by atoms with Gasteiger partial charge in [0.2, 0.25) is 23.6 Å². The molecular formula is C30H35N7O7S. The summed E-state index contributed by atoms with van der Waals surface area (Å²) in [5.41, 5.74) is 14.2. The predicted molar refractivity (Wildman–Crippen MR) is 166 cm³/mol. The van der Waals surface area contributed by atoms with Gasteiger partial charge in [0.15, 0.2) is 0 Å². The van der Waals surface area contributed by atoms with E-state index in [1.807, 2.05) is 30.3 Å². The monoisotopic (exact) mass is 637 g/mol. The van der Waals surface area contributed by atoms with Crippen LogP contribution in [0.1, 0.15) is 29.5 Å². The zero-order chi connectivity index (χ0) is 33.1. The summed E-state index contributed by atoms with van der Waals surface area (Å²) < 4.78 is 11.8. The highest BCUT2D eigenvalue weighted by atomic mass is 32.2. The van der Waals surface area contributed by atoms with Crippen LogP contribution >= 0.6 is 0 Å². The first-order valence-corrected chi connectivity index (χ1v) is 15.6. The Morgan fingerprint density at radius 1 is 0.933 bits per heavy atom. The Labute approximate surface area is 261 Å². The summed E-state index contributed by atoms with van der Waals surface area (Å²) in [5, 5.41) is 26.5. The quantitative estimate of drug-likeness (QED) is 0.105. The molecule has 0 aliphatic heterocycles. The molecule has 1 aromatic heterocycles. The Balaban J connectivity index is 1.72. The van der Waals surface area contributed by atoms with E-state index in [1.54, 1.807) is 18.3 Å². The largest absolute Gasteiger partial charge is 0.481 e. The number of carbonyl (C=O) groups is 5. The number of carbonyl (C=O) groups excluding carboxylic acids is 4. The van der Waals surface area contributed by atoms with Gasteiger partial charge in [-0.2, -0.15) is 5.26 Å². The first kappa shape index (κ1) is 34.4. The van der Waals surface area contributed by atoms with Gasteiger partial charge in [0.1, 0.15) is 18.1 Å². The third-order valence-electron chi connectivity index (χ3n) is 6.97. The number of aromatic nitrogens is 1. The van der Waals surface area contributed by atoms with Crippen molar-refractivity contribution < 1.29 is 33.3 Å². The van der Waals surface area contributed by atoms with E-state index in [2.05, 4.69) is 20.9 Å². The van der Waals surface area contributed by atoms with Crippen molar-refractivity contribution in [2.45, 2.75) is 49.9 Å². The maximum Gasteiger partial charge on any atom is 0.305 e. The molecule has 1 unspecified atom stereocenters. The van der Waals surface area contributed by atoms with Crippen LogP contribution < -0.4 is 27.4 Å². The van der Waals surface area contributed by atoms with Gasteiger partial charge in [-0.25, -0.2) is 0 Å². The normalized spacial score (nSPS) is 14.2. The number of primary amides is 1. The third-order valence-corrected chi connectivity index (χ3v) is 7.78. The number of nitrogens with two attached hydrogens (primary N) is 2. The van der Waals surface area contributed by atoms with Crippen molar-refractivity contribution in [3.05, 3.63) is 71.4 Å². The fourth-order valence-corrected chi connectivity index (χ4v) is 5.13. The zero-order valence-electron chi connectivity index (χ0n) is 24.4. The molecule has 0 spiro atoms. The topological polar surface area (TPSA) is 250 Å². The zero-order valence-corrected chi connectivity index (χ0v) is 25.3. The first-order valence-electron chi connectivity index (χ1n) is 13.9. The number of nitrogens with zero attached hydrogens (tertiary/aromatic N) is 1. The second kappa shape index (κ2) is 16.1. The number of carboxylic acids is 1. The number of nitrogens with one attached hydrogen (secondary N) is 4. The van der Waals surface area contributed by atoms with Gasteiger partial charge < -0.3 is 37.5 Å². The number of nitriles is 1. The van der Waals surface area contributed by atoms with Gasteiger partial charge in [-0.1, -0.05) is 30.3 Å². The van der Waals surface area contributed by atoms with Gasteiger partial charge in [0, 0.05) is 46.3 Å². The maximum atomic E-state index is 13.3. The van der Waals surface area contributed by atoms with Crippen LogP contribution in [-0.2, 0) is 47.6 Å². The number of amides is 4. The fourth-order valence-electron chi connectivity index (χ4n) is 4.56. The SMILES string of the molecule is CS(=O)CC[C@H](NC(=O)[C@H](N)Cc1c[nH]c2ccccc12)C(=O)N[C@@H](CC(=O)O)C(=O)N[C@@H](Cc1ccc(C#N)cc1)C(N)=O. The molecule has 14 nitrogen and oxygen atoms in total. The van der Waals surface area contributed by atoms with Crippen molar-refractivity contribution >= 4 is 51.3 Å². The fraction of sp³-hybridized carbons (Fsp3) is 0.333. The molecule has 3 rings (SSSR count). The van der Waals surface area contributed by atoms with E-state index < -0.39 is 71.0 Å². The number of hydrogen-bond donors (Lipinski definition) is 7. The van der Waals surface area contributed by atoms with Gasteiger partial charge in [0.25, 0.3) is 0 Å². The van der Waals surface area contributed by atoms with Crippen LogP contribution in [0, 0.1) is 11.3 Å². The summed E-state index contributed by atoms with van der Waals surface area (Å²) >= 11 is 0. The van der Waals surface area contributed by atoms with E-state index in [0.29, 0.717) is 11.1 Å². The maximum absolute atomic E-state index is 13.3. The molecule has 0 saturated carbocycles. The molecule has 9 N–H and O–H groups in total. The van der Waals surface area contributed by atoms with Crippen molar-refractivity contribution in [3.63, 3.8) is 0 Å². The average Bonchev–Trinajstić information content (AvgIpc) is 3.40. The Kier molecular flexibility index (Phi) is 12.3. The molecule has 238 valence electrons. The summed E-state index contributed by atoms with van der Waals surface area (Å²) in [6.07, 6.45) is 2.29. The number of H-pyrrole nitrogens is 1. The predicted octanol–water partition coefficient (Wildman–Crippen LogP) is -0.665. The number of para-hydroxylation sites is 1. The Hall–Kier alpha value is -5.07. The van der Waals surface area contributed by atoms with E-state index in [9.17, 15) is 33.3 Å². The van der Waals surface area contributed by atoms with E-state index in [4.69, 9.17) is 16.7 Å². The van der Waals surface area contributed by atoms with E-state index in [0.717, 1.165) is 16.5 Å². The number of benzene rings is 2. The lowest BCUT2D eigenvalue weighted by Gasteiger charge is -2.25. The summed E-state index contributed by atoms with van der Waals surface area (Å²) in [6.45, 7) is 0. The van der Waals surface area contributed by atoms with Crippen molar-refractivity contribution in [3.8, 4) is 6.07 Å². The van der Waals surface area contributed by atoms with E-state index in [1.165, 1.54) is 18.4 Å². The van der Waals surface area contributed by atoms with Crippen LogP contribution in [0.15, 0.2) is 54.7 Å². The number of aromatic amines is 1. The van der Waals surface area contributed by atoms with Gasteiger partial charge >= 0.3 is 5.97 Å². The van der Waals surface area contributed by atoms with Gasteiger partial charge in [-0.05, 0) is 42.2 Å². The summed E-state index contributed by atoms with van der Waals surface area (Å²) in [7, 11) is -1.34. The number of hydrogen-bond acceptors (Lipinski definition) is 8. The molecule has 3 aromatic rings. The molecule has 4 amide bonds. The molecule has 0 aliphatic carbocycles. The minimum Gasteiger partial charge on any atom is -0.481 e. The lowest BCUT2D eigenvalue weighted by atomic mass is 10.0. The third kappa shape index (κ3) is 10.3. The van der Waals surface area contributed by atoms with E-state index in [-0.39, 0.29) is 25.0 Å². The molecule has 0 aliphatic rings. The molecule has 45 heavy (non-hydrogen) atoms. The lowest BCUT2D eigenvalue weighted by molar-refractivity contribution is -0.141. The number of carboxylic acid groups (broad SMARTS) is 1. The van der Waals surface area contributed by atoms with Crippen molar-refractivity contribution in [2.75, 3.05) is 12.0 Å². The Bertz CT molecular complexity index is 1620. The van der Waals surface area contributed by atoms with Crippen LogP contribution in [0.4, 0.5) is 0 Å². The van der Waals surface area contributed by atoms with E-state index >= 15 is 0 Å². The van der Waals surface area contributed by atoms with Gasteiger partial charge in [-0.15, -0.1) is 0 Å². The van der Waals surface area contributed by atoms with Crippen LogP contribution in [-0.4, -0.2) is 80.1 Å². The molecule has 0 fully saturated rings. The second-order valence-corrected chi connectivity index (χ2v) is 12.0. The second-order valence-electron chi connectivity index (χ2n) is 10.4. The van der Waals surface area contributed by atoms with Crippen molar-refractivity contribution in [1.29, 1.82) is 5.26 Å². The molecule has 1 heterocycles. The molecule has 0 radical (unpaired) electrons. The van der Waals surface area contributed by atoms with Crippen LogP contribution in [0.2, 0.25) is 0 Å². The Morgan fingerprint density at radius 3 is 2.18 bits per heavy atom. The number of aliphatic carboxylic acids is 1. The van der Waals surface area contributed by atoms with Crippen molar-refractivity contribution in [2.24, 2.45) is 11.5 Å². The minimum atomic E-state index is -1.65. The number of rotatable bonds is 16. The van der Waals surface area contributed by atoms with Crippen LogP contribution in [0.5, 0.6) is 0 Å². The summed E-state index contributed by atoms with van der Waals surface area (Å²) in [6, 6.07) is 10.3. The molecular weight excluding hydrogens is 602 g/mol. The van der Waals surface area contributed by atoms with Crippen LogP contribution in [0.25, 0.3) is 10.9 Å². The standard InChI is InChI=1S/C30H35N7O7S/c1-45(44)11-10-23(35-28(41)21(32)13-19-16-34-22-5-3-2-4-20(19)22)29(42)37-25(14-26(38)39)30(43)36-24(27(33)40)12-17-6-8-18(15-31)9-7-17/h2-9,16,21,23-25,34H,10-14,32H2,1H3,(H2,33,40)(H,35,41)(H,36,43)(H,37,42)(H,38,39)/t21-,23+,24+,25+,45?/m1/s1. The minimum absolute atomic E-state index is 0.0141. The highest BCUT2D eigenvalue weighted by molar-refractivity contribution is 7.84. The summed E-state index contributed by atoms with van der Waals surface area (Å²) in [4.78, 5) is 66.3. The first-order chi connectivity index (χ1) is 21.4. The molecule has 0 saturated heterocycles. The highest BCUT2D eigenvalue weighted by Gasteiger charge is 2.31. The average molecular weight is 638 g/mol. The molecule has 2 aromatic carbocycles. The number of fused-ring (bicyclic) bond motifs is 1. The lowest BCUT2D eigenvalue weighted by Crippen LogP contribution is -2.58. The smallest absolute Gasteiger partial charge is 0.305 e. The molecule has 5 atom stereocenters. The van der Waals surface area contributed by atoms with Gasteiger partial charge in [-0.3, -0.25) is 28.2 Å². The Morgan fingerprint density at radius 2 is 1.56 bits per heavy atom. The van der Waals surface area contributed by atoms with Gasteiger partial charge in [0.05, 0.1) is 24.1 Å².